The van der Waals surface area contributed by atoms with Crippen LogP contribution in [-0.4, -0.2) is 40.1 Å². The number of nitrogens with zero attached hydrogens (tertiary/aromatic N) is 1. The first-order valence-corrected chi connectivity index (χ1v) is 5.57. The number of alkyl halides is 3. The molecule has 0 saturated carbocycles. The summed E-state index contributed by atoms with van der Waals surface area (Å²) < 4.78 is 37.1. The van der Waals surface area contributed by atoms with Crippen molar-refractivity contribution in [2.75, 3.05) is 13.1 Å². The summed E-state index contributed by atoms with van der Waals surface area (Å²) in [4.78, 5) is 26.3. The zero-order valence-electron chi connectivity index (χ0n) is 9.70. The summed E-state index contributed by atoms with van der Waals surface area (Å²) in [5.74, 6) is -0.675. The zero-order chi connectivity index (χ0) is 14.2. The molecule has 1 unspecified atom stereocenters. The Morgan fingerprint density at radius 2 is 2.11 bits per heavy atom. The Kier molecular flexibility index (Phi) is 3.36. The van der Waals surface area contributed by atoms with Crippen LogP contribution in [0.5, 0.6) is 0 Å². The number of carbonyl (C=O) groups is 1. The van der Waals surface area contributed by atoms with Crippen molar-refractivity contribution in [1.82, 2.24) is 9.88 Å². The van der Waals surface area contributed by atoms with E-state index in [1.54, 1.807) is 4.98 Å². The van der Waals surface area contributed by atoms with E-state index in [4.69, 9.17) is 0 Å². The van der Waals surface area contributed by atoms with Crippen LogP contribution in [0.2, 0.25) is 0 Å². The van der Waals surface area contributed by atoms with Gasteiger partial charge in [-0.2, -0.15) is 13.2 Å². The van der Waals surface area contributed by atoms with Gasteiger partial charge in [-0.1, -0.05) is 0 Å². The molecule has 1 atom stereocenters. The Bertz CT molecular complexity index is 553. The first-order valence-electron chi connectivity index (χ1n) is 5.57. The van der Waals surface area contributed by atoms with E-state index in [9.17, 15) is 27.9 Å². The van der Waals surface area contributed by atoms with Gasteiger partial charge < -0.3 is 15.0 Å². The number of pyridine rings is 1. The number of H-pyrrole nitrogens is 1. The summed E-state index contributed by atoms with van der Waals surface area (Å²) in [5.41, 5.74) is -2.64. The van der Waals surface area contributed by atoms with Gasteiger partial charge in [0.05, 0.1) is 6.10 Å². The summed E-state index contributed by atoms with van der Waals surface area (Å²) in [6.07, 6.45) is -4.92. The van der Waals surface area contributed by atoms with E-state index < -0.39 is 29.4 Å². The monoisotopic (exact) mass is 276 g/mol. The smallest absolute Gasteiger partial charge is 0.391 e. The highest BCUT2D eigenvalue weighted by Crippen LogP contribution is 2.26. The molecular weight excluding hydrogens is 265 g/mol. The number of carbonyl (C=O) groups excluding carboxylic acids is 1. The second-order valence-corrected chi connectivity index (χ2v) is 4.31. The highest BCUT2D eigenvalue weighted by molar-refractivity contribution is 5.94. The quantitative estimate of drug-likeness (QED) is 0.789. The van der Waals surface area contributed by atoms with Crippen LogP contribution in [0.1, 0.15) is 22.5 Å². The molecule has 1 saturated heterocycles. The number of nitrogens with one attached hydrogen (secondary N) is 1. The third-order valence-electron chi connectivity index (χ3n) is 2.90. The van der Waals surface area contributed by atoms with Crippen LogP contribution in [0.15, 0.2) is 16.9 Å². The maximum Gasteiger partial charge on any atom is 0.431 e. The summed E-state index contributed by atoms with van der Waals surface area (Å²) >= 11 is 0. The number of aliphatic hydroxyl groups excluding tert-OH is 1. The lowest BCUT2D eigenvalue weighted by Gasteiger charge is -2.15. The first-order chi connectivity index (χ1) is 8.79. The number of rotatable bonds is 1. The largest absolute Gasteiger partial charge is 0.431 e. The van der Waals surface area contributed by atoms with Gasteiger partial charge in [-0.25, -0.2) is 0 Å². The normalized spacial score (nSPS) is 19.8. The van der Waals surface area contributed by atoms with E-state index >= 15 is 0 Å². The topological polar surface area (TPSA) is 73.4 Å². The lowest BCUT2D eigenvalue weighted by Crippen LogP contribution is -2.34. The van der Waals surface area contributed by atoms with Crippen molar-refractivity contribution < 1.29 is 23.1 Å². The molecule has 104 valence electrons. The van der Waals surface area contributed by atoms with E-state index in [2.05, 4.69) is 0 Å². The zero-order valence-corrected chi connectivity index (χ0v) is 9.70. The van der Waals surface area contributed by atoms with Gasteiger partial charge in [-0.3, -0.25) is 9.59 Å². The summed E-state index contributed by atoms with van der Waals surface area (Å²) in [7, 11) is 0. The van der Waals surface area contributed by atoms with Gasteiger partial charge in [-0.05, 0) is 18.6 Å². The van der Waals surface area contributed by atoms with Crippen LogP contribution in [0.25, 0.3) is 0 Å². The van der Waals surface area contributed by atoms with E-state index in [-0.39, 0.29) is 18.7 Å². The second kappa shape index (κ2) is 4.69. The van der Waals surface area contributed by atoms with Crippen LogP contribution in [0.3, 0.4) is 0 Å². The number of likely N-dealkylation sites (tertiary alicyclic amines) is 1. The maximum absolute atomic E-state index is 12.4. The van der Waals surface area contributed by atoms with Crippen molar-refractivity contribution in [2.45, 2.75) is 18.7 Å². The molecule has 19 heavy (non-hydrogen) atoms. The Morgan fingerprint density at radius 1 is 1.42 bits per heavy atom. The Labute approximate surface area is 105 Å². The summed E-state index contributed by atoms with van der Waals surface area (Å²) in [6.45, 7) is 0.361. The van der Waals surface area contributed by atoms with Crippen LogP contribution >= 0.6 is 0 Å². The number of aromatic nitrogens is 1. The number of aliphatic hydroxyl groups is 1. The van der Waals surface area contributed by atoms with E-state index in [1.165, 1.54) is 4.90 Å². The predicted octanol–water partition coefficient (Wildman–Crippen LogP) is 0.600. The number of aromatic amines is 1. The molecule has 0 spiro atoms. The lowest BCUT2D eigenvalue weighted by molar-refractivity contribution is -0.141. The van der Waals surface area contributed by atoms with E-state index in [1.807, 2.05) is 0 Å². The van der Waals surface area contributed by atoms with Crippen molar-refractivity contribution in [3.05, 3.63) is 33.7 Å². The molecule has 0 aromatic carbocycles. The van der Waals surface area contributed by atoms with Crippen LogP contribution < -0.4 is 5.56 Å². The Morgan fingerprint density at radius 3 is 2.58 bits per heavy atom. The van der Waals surface area contributed by atoms with Gasteiger partial charge in [0.1, 0.15) is 11.3 Å². The average Bonchev–Trinajstić information content (AvgIpc) is 2.73. The Hall–Kier alpha value is -1.83. The van der Waals surface area contributed by atoms with Crippen molar-refractivity contribution in [1.29, 1.82) is 0 Å². The van der Waals surface area contributed by atoms with Crippen LogP contribution in [0, 0.1) is 0 Å². The van der Waals surface area contributed by atoms with Crippen molar-refractivity contribution in [3.63, 3.8) is 0 Å². The molecule has 1 aliphatic rings. The van der Waals surface area contributed by atoms with Crippen molar-refractivity contribution in [3.8, 4) is 0 Å². The summed E-state index contributed by atoms with van der Waals surface area (Å²) in [5, 5.41) is 9.29. The molecule has 1 aromatic heterocycles. The molecule has 8 heteroatoms. The second-order valence-electron chi connectivity index (χ2n) is 4.31. The van der Waals surface area contributed by atoms with Crippen molar-refractivity contribution in [2.24, 2.45) is 0 Å². The van der Waals surface area contributed by atoms with Gasteiger partial charge in [-0.15, -0.1) is 0 Å². The molecule has 1 aromatic rings. The van der Waals surface area contributed by atoms with Gasteiger partial charge >= 0.3 is 6.18 Å². The number of β-amino-alcohol motifs (C(OH)–C–C–N with tert-alkyl or cyclic N) is 1. The number of amides is 1. The minimum absolute atomic E-state index is 0.0826. The maximum atomic E-state index is 12.4. The average molecular weight is 276 g/mol. The molecule has 5 nitrogen and oxygen atoms in total. The minimum atomic E-state index is -4.66. The fraction of sp³-hybridized carbons (Fsp3) is 0.455. The van der Waals surface area contributed by atoms with Gasteiger partial charge in [0, 0.05) is 13.1 Å². The Balaban J connectivity index is 2.27. The molecule has 0 bridgehead atoms. The molecule has 2 N–H and O–H groups in total. The fourth-order valence-electron chi connectivity index (χ4n) is 1.90. The van der Waals surface area contributed by atoms with E-state index in [0.29, 0.717) is 12.5 Å². The third kappa shape index (κ3) is 2.78. The summed E-state index contributed by atoms with van der Waals surface area (Å²) in [6, 6.07) is 1.51. The molecule has 1 aliphatic heterocycles. The fourth-order valence-corrected chi connectivity index (χ4v) is 1.90. The molecule has 1 amide bonds. The minimum Gasteiger partial charge on any atom is -0.391 e. The van der Waals surface area contributed by atoms with Gasteiger partial charge in [0.15, 0.2) is 0 Å². The molecule has 2 heterocycles. The molecular formula is C11H11F3N2O3. The lowest BCUT2D eigenvalue weighted by atomic mass is 10.2. The molecule has 1 fully saturated rings. The molecule has 0 aliphatic carbocycles. The molecule has 0 radical (unpaired) electrons. The number of hydrogen-bond donors (Lipinski definition) is 2. The predicted molar refractivity (Wildman–Crippen MR) is 58.6 cm³/mol. The highest BCUT2D eigenvalue weighted by Gasteiger charge is 2.33. The standard InChI is InChI=1S/C11H11F3N2O3/c12-11(13,14)8-2-1-7(9(18)15-8)10(19)16-4-3-6(17)5-16/h1-2,6,17H,3-5H2,(H,15,18). The van der Waals surface area contributed by atoms with Crippen LogP contribution in [0.4, 0.5) is 13.2 Å². The SMILES string of the molecule is O=C(c1ccc(C(F)(F)F)[nH]c1=O)N1CCC(O)C1. The van der Waals surface area contributed by atoms with Gasteiger partial charge in [0.25, 0.3) is 11.5 Å². The van der Waals surface area contributed by atoms with Crippen molar-refractivity contribution >= 4 is 5.91 Å². The third-order valence-corrected chi connectivity index (χ3v) is 2.90. The van der Waals surface area contributed by atoms with Crippen LogP contribution in [-0.2, 0) is 6.18 Å². The number of hydrogen-bond acceptors (Lipinski definition) is 3. The first kappa shape index (κ1) is 13.6. The van der Waals surface area contributed by atoms with E-state index in [0.717, 1.165) is 6.07 Å². The highest BCUT2D eigenvalue weighted by atomic mass is 19.4. The number of halogens is 3. The van der Waals surface area contributed by atoms with Gasteiger partial charge in [0.2, 0.25) is 0 Å². The molecule has 2 rings (SSSR count).